The van der Waals surface area contributed by atoms with Crippen molar-refractivity contribution in [2.75, 3.05) is 5.73 Å². The van der Waals surface area contributed by atoms with E-state index in [2.05, 4.69) is 0 Å². The third-order valence-corrected chi connectivity index (χ3v) is 4.19. The van der Waals surface area contributed by atoms with Gasteiger partial charge in [-0.2, -0.15) is 0 Å². The molecular formula is C6H9N2O5PS. The fourth-order valence-electron chi connectivity index (χ4n) is 0.891. The predicted octanol–water partition coefficient (Wildman–Crippen LogP) is -0.360. The smallest absolute Gasteiger partial charge is 0.399 e. The molecule has 0 aromatic heterocycles. The summed E-state index contributed by atoms with van der Waals surface area (Å²) in [5, 5.41) is 0. The Hall–Kier alpha value is -0.920. The van der Waals surface area contributed by atoms with Crippen LogP contribution in [0.5, 0.6) is 0 Å². The fourth-order valence-corrected chi connectivity index (χ4v) is 3.11. The molecule has 0 saturated carbocycles. The van der Waals surface area contributed by atoms with Crippen LogP contribution in [0.15, 0.2) is 29.2 Å². The maximum Gasteiger partial charge on any atom is 0.414 e. The topological polar surface area (TPSA) is 130 Å². The van der Waals surface area contributed by atoms with Gasteiger partial charge in [0.15, 0.2) is 0 Å². The average molecular weight is 252 g/mol. The standard InChI is InChI=1S/C6H9N2O5PS/c7-5-2-1-3-6(4-5)15(12,13)8-14(9,10)11/h1-4H,7H2,(H3,8,9,10,11). The van der Waals surface area contributed by atoms with Crippen molar-refractivity contribution in [3.05, 3.63) is 24.3 Å². The second-order valence-electron chi connectivity index (χ2n) is 2.71. The van der Waals surface area contributed by atoms with E-state index in [-0.39, 0.29) is 10.6 Å². The molecule has 0 radical (unpaired) electrons. The van der Waals surface area contributed by atoms with Crippen LogP contribution in [-0.4, -0.2) is 18.2 Å². The molecule has 0 saturated heterocycles. The molecule has 0 amide bonds. The Labute approximate surface area is 86.2 Å². The summed E-state index contributed by atoms with van der Waals surface area (Å²) in [4.78, 5) is 16.6. The number of hydrogen-bond donors (Lipinski definition) is 4. The van der Waals surface area contributed by atoms with Crippen LogP contribution >= 0.6 is 7.75 Å². The quantitative estimate of drug-likeness (QED) is 0.429. The highest BCUT2D eigenvalue weighted by molar-refractivity contribution is 7.94. The Balaban J connectivity index is 3.13. The summed E-state index contributed by atoms with van der Waals surface area (Å²) >= 11 is 0. The van der Waals surface area contributed by atoms with Gasteiger partial charge in [-0.1, -0.05) is 6.07 Å². The number of nitrogens with two attached hydrogens (primary N) is 1. The van der Waals surface area contributed by atoms with Gasteiger partial charge in [-0.25, -0.2) is 13.0 Å². The lowest BCUT2D eigenvalue weighted by Gasteiger charge is -2.07. The molecule has 1 aromatic rings. The molecule has 84 valence electrons. The molecule has 0 bridgehead atoms. The maximum absolute atomic E-state index is 11.3. The molecule has 7 nitrogen and oxygen atoms in total. The molecule has 0 fully saturated rings. The fraction of sp³-hybridized carbons (Fsp3) is 0. The normalized spacial score (nSPS) is 12.7. The van der Waals surface area contributed by atoms with Gasteiger partial charge in [0.1, 0.15) is 0 Å². The van der Waals surface area contributed by atoms with E-state index in [4.69, 9.17) is 15.5 Å². The van der Waals surface area contributed by atoms with Crippen LogP contribution in [0, 0.1) is 0 Å². The van der Waals surface area contributed by atoms with Crippen molar-refractivity contribution in [2.45, 2.75) is 4.90 Å². The van der Waals surface area contributed by atoms with Crippen molar-refractivity contribution < 1.29 is 22.8 Å². The van der Waals surface area contributed by atoms with Gasteiger partial charge in [0.2, 0.25) is 10.0 Å². The van der Waals surface area contributed by atoms with Gasteiger partial charge < -0.3 is 15.5 Å². The summed E-state index contributed by atoms with van der Waals surface area (Å²) < 4.78 is 34.4. The minimum Gasteiger partial charge on any atom is -0.399 e. The molecule has 0 heterocycles. The van der Waals surface area contributed by atoms with Crippen LogP contribution in [0.3, 0.4) is 0 Å². The van der Waals surface area contributed by atoms with Crippen LogP contribution < -0.4 is 10.2 Å². The first-order valence-electron chi connectivity index (χ1n) is 3.66. The lowest BCUT2D eigenvalue weighted by atomic mass is 10.3. The van der Waals surface area contributed by atoms with Gasteiger partial charge in [0.05, 0.1) is 4.90 Å². The van der Waals surface area contributed by atoms with Crippen LogP contribution in [0.1, 0.15) is 0 Å². The SMILES string of the molecule is Nc1cccc(S(=O)(=O)NP(=O)(O)O)c1. The van der Waals surface area contributed by atoms with Crippen molar-refractivity contribution in [1.82, 2.24) is 4.49 Å². The minimum absolute atomic E-state index is 0.184. The van der Waals surface area contributed by atoms with Gasteiger partial charge in [0, 0.05) is 5.69 Å². The molecule has 5 N–H and O–H groups in total. The van der Waals surface area contributed by atoms with E-state index in [9.17, 15) is 13.0 Å². The van der Waals surface area contributed by atoms with E-state index >= 15 is 0 Å². The van der Waals surface area contributed by atoms with Gasteiger partial charge in [-0.3, -0.25) is 0 Å². The third-order valence-electron chi connectivity index (χ3n) is 1.41. The van der Waals surface area contributed by atoms with Crippen LogP contribution in [-0.2, 0) is 14.6 Å². The molecule has 1 aromatic carbocycles. The second-order valence-corrected chi connectivity index (χ2v) is 6.01. The molecule has 15 heavy (non-hydrogen) atoms. The summed E-state index contributed by atoms with van der Waals surface area (Å²) in [6, 6.07) is 5.09. The highest BCUT2D eigenvalue weighted by Gasteiger charge is 2.24. The lowest BCUT2D eigenvalue weighted by Crippen LogP contribution is -2.20. The monoisotopic (exact) mass is 252 g/mol. The Morgan fingerprint density at radius 3 is 2.40 bits per heavy atom. The van der Waals surface area contributed by atoms with Gasteiger partial charge in [-0.15, -0.1) is 4.49 Å². The number of nitrogen functional groups attached to an aromatic ring is 1. The summed E-state index contributed by atoms with van der Waals surface area (Å²) in [5.74, 6) is 0. The Morgan fingerprint density at radius 2 is 1.93 bits per heavy atom. The van der Waals surface area contributed by atoms with Crippen molar-refractivity contribution >= 4 is 23.5 Å². The Morgan fingerprint density at radius 1 is 1.33 bits per heavy atom. The van der Waals surface area contributed by atoms with Crippen LogP contribution in [0.4, 0.5) is 5.69 Å². The van der Waals surface area contributed by atoms with Gasteiger partial charge >= 0.3 is 7.75 Å². The zero-order valence-electron chi connectivity index (χ0n) is 7.36. The molecule has 0 aliphatic carbocycles. The number of nitrogens with one attached hydrogen (secondary N) is 1. The van der Waals surface area contributed by atoms with Crippen LogP contribution in [0.2, 0.25) is 0 Å². The zero-order chi connectivity index (χ0) is 11.7. The number of hydrogen-bond acceptors (Lipinski definition) is 4. The molecule has 0 aliphatic heterocycles. The number of rotatable bonds is 3. The average Bonchev–Trinajstić information content (AvgIpc) is 1.99. The number of benzene rings is 1. The summed E-state index contributed by atoms with van der Waals surface area (Å²) in [6.45, 7) is 0. The molecule has 0 unspecified atom stereocenters. The summed E-state index contributed by atoms with van der Waals surface area (Å²) in [6.07, 6.45) is 0. The third kappa shape index (κ3) is 3.61. The Bertz CT molecular complexity index is 508. The van der Waals surface area contributed by atoms with Crippen LogP contribution in [0.25, 0.3) is 0 Å². The number of anilines is 1. The van der Waals surface area contributed by atoms with E-state index < -0.39 is 17.8 Å². The van der Waals surface area contributed by atoms with E-state index in [0.29, 0.717) is 0 Å². The first-order chi connectivity index (χ1) is 6.71. The highest BCUT2D eigenvalue weighted by atomic mass is 32.2. The number of sulfonamides is 1. The van der Waals surface area contributed by atoms with Gasteiger partial charge in [0.25, 0.3) is 0 Å². The largest absolute Gasteiger partial charge is 0.414 e. The lowest BCUT2D eigenvalue weighted by molar-refractivity contribution is 0.368. The summed E-state index contributed by atoms with van der Waals surface area (Å²) in [7, 11) is -9.08. The second kappa shape index (κ2) is 3.92. The summed E-state index contributed by atoms with van der Waals surface area (Å²) in [5.41, 5.74) is 5.52. The molecule has 1 rings (SSSR count). The predicted molar refractivity (Wildman–Crippen MR) is 53.2 cm³/mol. The van der Waals surface area contributed by atoms with E-state index in [1.165, 1.54) is 22.7 Å². The molecular weight excluding hydrogens is 243 g/mol. The van der Waals surface area contributed by atoms with E-state index in [1.54, 1.807) is 0 Å². The highest BCUT2D eigenvalue weighted by Crippen LogP contribution is 2.31. The van der Waals surface area contributed by atoms with E-state index in [1.807, 2.05) is 0 Å². The van der Waals surface area contributed by atoms with E-state index in [0.717, 1.165) is 6.07 Å². The van der Waals surface area contributed by atoms with Gasteiger partial charge in [-0.05, 0) is 18.2 Å². The maximum atomic E-state index is 11.3. The minimum atomic E-state index is -4.85. The van der Waals surface area contributed by atoms with Crippen molar-refractivity contribution in [3.63, 3.8) is 0 Å². The van der Waals surface area contributed by atoms with Crippen molar-refractivity contribution in [1.29, 1.82) is 0 Å². The molecule has 0 aliphatic rings. The molecule has 0 atom stereocenters. The zero-order valence-corrected chi connectivity index (χ0v) is 9.07. The Kier molecular flexibility index (Phi) is 3.17. The molecule has 0 spiro atoms. The molecule has 9 heteroatoms. The first kappa shape index (κ1) is 12.2. The first-order valence-corrected chi connectivity index (χ1v) is 6.75. The van der Waals surface area contributed by atoms with Crippen molar-refractivity contribution in [2.24, 2.45) is 0 Å². The van der Waals surface area contributed by atoms with Crippen molar-refractivity contribution in [3.8, 4) is 0 Å².